The van der Waals surface area contributed by atoms with Gasteiger partial charge in [0.15, 0.2) is 0 Å². The molecule has 0 bridgehead atoms. The lowest BCUT2D eigenvalue weighted by atomic mass is 10.3. The molecule has 0 spiro atoms. The second-order valence-corrected chi connectivity index (χ2v) is 6.11. The van der Waals surface area contributed by atoms with Crippen LogP contribution in [0.5, 0.6) is 5.75 Å². The average molecular weight is 411 g/mol. The van der Waals surface area contributed by atoms with Gasteiger partial charge in [-0.05, 0) is 65.5 Å². The third kappa shape index (κ3) is 4.97. The van der Waals surface area contributed by atoms with Crippen molar-refractivity contribution in [3.63, 3.8) is 0 Å². The maximum absolute atomic E-state index is 12.2. The number of benzene rings is 1. The molecule has 28 heavy (non-hydrogen) atoms. The summed E-state index contributed by atoms with van der Waals surface area (Å²) in [6.45, 7) is 1.97. The van der Waals surface area contributed by atoms with Gasteiger partial charge in [-0.3, -0.25) is 0 Å². The number of aromatic nitrogens is 5. The summed E-state index contributed by atoms with van der Waals surface area (Å²) in [6, 6.07) is 8.26. The third-order valence-electron chi connectivity index (χ3n) is 3.20. The van der Waals surface area contributed by atoms with Crippen molar-refractivity contribution in [1.29, 1.82) is 0 Å². The van der Waals surface area contributed by atoms with Gasteiger partial charge in [0.05, 0.1) is 17.9 Å². The van der Waals surface area contributed by atoms with E-state index in [9.17, 15) is 18.0 Å². The second kappa shape index (κ2) is 8.25. The largest absolute Gasteiger partial charge is 0.573 e. The quantitative estimate of drug-likeness (QED) is 0.571. The zero-order valence-corrected chi connectivity index (χ0v) is 15.1. The SMILES string of the molecule is CCOC(=O)c1ccc(Sc2nnnn2-c2ccc(OC(F)(F)F)cc2)nc1. The number of pyridine rings is 1. The molecule has 3 aromatic rings. The lowest BCUT2D eigenvalue weighted by Gasteiger charge is -2.09. The van der Waals surface area contributed by atoms with Crippen molar-refractivity contribution >= 4 is 17.7 Å². The monoisotopic (exact) mass is 411 g/mol. The number of rotatable bonds is 6. The maximum Gasteiger partial charge on any atom is 0.573 e. The summed E-state index contributed by atoms with van der Waals surface area (Å²) in [6.07, 6.45) is -3.39. The van der Waals surface area contributed by atoms with Crippen LogP contribution in [0.3, 0.4) is 0 Å². The van der Waals surface area contributed by atoms with Crippen molar-refractivity contribution in [2.75, 3.05) is 6.61 Å². The van der Waals surface area contributed by atoms with E-state index in [1.807, 2.05) is 0 Å². The van der Waals surface area contributed by atoms with Gasteiger partial charge in [0.25, 0.3) is 0 Å². The van der Waals surface area contributed by atoms with E-state index in [0.29, 0.717) is 21.4 Å². The molecule has 2 heterocycles. The van der Waals surface area contributed by atoms with Crippen molar-refractivity contribution in [3.05, 3.63) is 48.2 Å². The summed E-state index contributed by atoms with van der Waals surface area (Å²) >= 11 is 1.12. The molecule has 2 aromatic heterocycles. The Balaban J connectivity index is 1.74. The predicted octanol–water partition coefficient (Wildman–Crippen LogP) is 3.28. The van der Waals surface area contributed by atoms with Crippen LogP contribution in [0.1, 0.15) is 17.3 Å². The number of nitrogens with zero attached hydrogens (tertiary/aromatic N) is 5. The van der Waals surface area contributed by atoms with Crippen molar-refractivity contribution < 1.29 is 27.4 Å². The molecule has 0 unspecified atom stereocenters. The highest BCUT2D eigenvalue weighted by Crippen LogP contribution is 2.27. The topological polar surface area (TPSA) is 92.0 Å². The first-order chi connectivity index (χ1) is 13.4. The van der Waals surface area contributed by atoms with E-state index in [1.165, 1.54) is 23.0 Å². The summed E-state index contributed by atoms with van der Waals surface area (Å²) in [5, 5.41) is 12.1. The van der Waals surface area contributed by atoms with Crippen molar-refractivity contribution in [1.82, 2.24) is 25.2 Å². The molecule has 146 valence electrons. The fourth-order valence-corrected chi connectivity index (χ4v) is 2.80. The van der Waals surface area contributed by atoms with Gasteiger partial charge in [0.1, 0.15) is 10.8 Å². The van der Waals surface area contributed by atoms with Crippen LogP contribution in [0.2, 0.25) is 0 Å². The molecule has 0 atom stereocenters. The van der Waals surface area contributed by atoms with E-state index in [1.54, 1.807) is 19.1 Å². The van der Waals surface area contributed by atoms with Crippen molar-refractivity contribution in [2.45, 2.75) is 23.5 Å². The van der Waals surface area contributed by atoms with Crippen LogP contribution in [0, 0.1) is 0 Å². The van der Waals surface area contributed by atoms with E-state index in [2.05, 4.69) is 25.2 Å². The number of hydrogen-bond acceptors (Lipinski definition) is 8. The molecule has 1 aromatic carbocycles. The first kappa shape index (κ1) is 19.6. The molecule has 0 aliphatic heterocycles. The van der Waals surface area contributed by atoms with Gasteiger partial charge in [-0.25, -0.2) is 9.78 Å². The fourth-order valence-electron chi connectivity index (χ4n) is 2.06. The van der Waals surface area contributed by atoms with Crippen LogP contribution < -0.4 is 4.74 Å². The first-order valence-corrected chi connectivity index (χ1v) is 8.63. The van der Waals surface area contributed by atoms with Crippen LogP contribution >= 0.6 is 11.8 Å². The number of tetrazole rings is 1. The summed E-state index contributed by atoms with van der Waals surface area (Å²) in [5.74, 6) is -0.827. The Hall–Kier alpha value is -3.15. The highest BCUT2D eigenvalue weighted by molar-refractivity contribution is 7.99. The molecule has 0 saturated heterocycles. The molecular formula is C16H12F3N5O3S. The Morgan fingerprint density at radius 3 is 2.54 bits per heavy atom. The number of ether oxygens (including phenoxy) is 2. The zero-order chi connectivity index (χ0) is 20.1. The van der Waals surface area contributed by atoms with E-state index >= 15 is 0 Å². The molecular weight excluding hydrogens is 399 g/mol. The molecule has 8 nitrogen and oxygen atoms in total. The van der Waals surface area contributed by atoms with Crippen molar-refractivity contribution in [2.24, 2.45) is 0 Å². The van der Waals surface area contributed by atoms with E-state index in [4.69, 9.17) is 4.74 Å². The first-order valence-electron chi connectivity index (χ1n) is 7.81. The van der Waals surface area contributed by atoms with Gasteiger partial charge in [0, 0.05) is 6.20 Å². The van der Waals surface area contributed by atoms with Crippen LogP contribution in [0.25, 0.3) is 5.69 Å². The normalized spacial score (nSPS) is 11.3. The van der Waals surface area contributed by atoms with Gasteiger partial charge in [-0.15, -0.1) is 18.3 Å². The minimum Gasteiger partial charge on any atom is -0.462 e. The van der Waals surface area contributed by atoms with Crippen LogP contribution in [-0.4, -0.2) is 44.1 Å². The summed E-state index contributed by atoms with van der Waals surface area (Å²) in [7, 11) is 0. The van der Waals surface area contributed by atoms with E-state index < -0.39 is 12.3 Å². The number of carbonyl (C=O) groups is 1. The maximum atomic E-state index is 12.2. The Morgan fingerprint density at radius 2 is 1.93 bits per heavy atom. The number of alkyl halides is 3. The van der Waals surface area contributed by atoms with Crippen molar-refractivity contribution in [3.8, 4) is 11.4 Å². The second-order valence-electron chi connectivity index (χ2n) is 5.12. The Kier molecular flexibility index (Phi) is 5.78. The molecule has 0 saturated carbocycles. The molecule has 0 fully saturated rings. The number of esters is 1. The lowest BCUT2D eigenvalue weighted by molar-refractivity contribution is -0.274. The van der Waals surface area contributed by atoms with Crippen LogP contribution in [0.15, 0.2) is 52.8 Å². The number of hydrogen-bond donors (Lipinski definition) is 0. The van der Waals surface area contributed by atoms with Gasteiger partial charge in [-0.1, -0.05) is 0 Å². The van der Waals surface area contributed by atoms with Gasteiger partial charge >= 0.3 is 12.3 Å². The molecule has 12 heteroatoms. The number of halogens is 3. The van der Waals surface area contributed by atoms with Gasteiger partial charge in [0.2, 0.25) is 5.16 Å². The molecule has 0 aliphatic rings. The molecule has 3 rings (SSSR count). The van der Waals surface area contributed by atoms with E-state index in [0.717, 1.165) is 23.9 Å². The average Bonchev–Trinajstić information content (AvgIpc) is 3.10. The molecule has 0 radical (unpaired) electrons. The highest BCUT2D eigenvalue weighted by atomic mass is 32.2. The smallest absolute Gasteiger partial charge is 0.462 e. The molecule has 0 amide bonds. The lowest BCUT2D eigenvalue weighted by Crippen LogP contribution is -2.17. The predicted molar refractivity (Wildman–Crippen MR) is 90.2 cm³/mol. The third-order valence-corrected chi connectivity index (χ3v) is 4.09. The zero-order valence-electron chi connectivity index (χ0n) is 14.3. The number of carbonyl (C=O) groups excluding carboxylic acids is 1. The standard InChI is InChI=1S/C16H12F3N5O3S/c1-2-26-14(25)10-3-8-13(20-9-10)28-15-21-22-23-24(15)11-4-6-12(7-5-11)27-16(17,18)19/h3-9H,2H2,1H3. The minimum absolute atomic E-state index is 0.261. The molecule has 0 N–H and O–H groups in total. The fraction of sp³-hybridized carbons (Fsp3) is 0.188. The highest BCUT2D eigenvalue weighted by Gasteiger charge is 2.31. The Labute approximate surface area is 160 Å². The minimum atomic E-state index is -4.77. The molecule has 0 aliphatic carbocycles. The van der Waals surface area contributed by atoms with Crippen LogP contribution in [-0.2, 0) is 4.74 Å². The Bertz CT molecular complexity index is 945. The van der Waals surface area contributed by atoms with Crippen LogP contribution in [0.4, 0.5) is 13.2 Å². The van der Waals surface area contributed by atoms with Gasteiger partial charge in [-0.2, -0.15) is 4.68 Å². The van der Waals surface area contributed by atoms with E-state index in [-0.39, 0.29) is 12.4 Å². The van der Waals surface area contributed by atoms with Gasteiger partial charge < -0.3 is 9.47 Å². The summed E-state index contributed by atoms with van der Waals surface area (Å²) in [4.78, 5) is 15.8. The summed E-state index contributed by atoms with van der Waals surface area (Å²) < 4.78 is 46.8. The summed E-state index contributed by atoms with van der Waals surface area (Å²) in [5.41, 5.74) is 0.746. The Morgan fingerprint density at radius 1 is 1.18 bits per heavy atom.